The van der Waals surface area contributed by atoms with Gasteiger partial charge in [0.1, 0.15) is 0 Å². The average molecular weight is 316 g/mol. The number of aliphatic carboxylic acids is 1. The summed E-state index contributed by atoms with van der Waals surface area (Å²) in [5.41, 5.74) is 0. The van der Waals surface area contributed by atoms with E-state index in [1.807, 2.05) is 0 Å². The zero-order chi connectivity index (χ0) is 16.6. The van der Waals surface area contributed by atoms with Gasteiger partial charge in [-0.1, -0.05) is 90.4 Å². The van der Waals surface area contributed by atoms with Gasteiger partial charge in [-0.25, -0.2) is 4.79 Å². The zero-order valence-corrected chi connectivity index (χ0v) is 14.3. The topological polar surface area (TPSA) is 77.8 Å². The zero-order valence-electron chi connectivity index (χ0n) is 14.3. The van der Waals surface area contributed by atoms with Crippen molar-refractivity contribution >= 4 is 5.97 Å². The monoisotopic (exact) mass is 316 g/mol. The molecular formula is C18H36O4. The molecule has 0 aromatic heterocycles. The van der Waals surface area contributed by atoms with E-state index in [-0.39, 0.29) is 0 Å². The molecule has 3 N–H and O–H groups in total. The predicted molar refractivity (Wildman–Crippen MR) is 90.0 cm³/mol. The number of carbonyl (C=O) groups is 1. The van der Waals surface area contributed by atoms with Gasteiger partial charge in [-0.3, -0.25) is 0 Å². The van der Waals surface area contributed by atoms with Gasteiger partial charge in [-0.05, 0) is 6.42 Å². The van der Waals surface area contributed by atoms with E-state index >= 15 is 0 Å². The molecule has 0 saturated heterocycles. The highest BCUT2D eigenvalue weighted by Crippen LogP contribution is 2.14. The van der Waals surface area contributed by atoms with Crippen molar-refractivity contribution in [3.8, 4) is 0 Å². The number of hydrogen-bond donors (Lipinski definition) is 3. The Morgan fingerprint density at radius 2 is 1.09 bits per heavy atom. The van der Waals surface area contributed by atoms with Crippen LogP contribution in [-0.4, -0.2) is 33.5 Å². The van der Waals surface area contributed by atoms with E-state index in [1.54, 1.807) is 0 Å². The fraction of sp³-hybridized carbons (Fsp3) is 0.944. The molecule has 4 nitrogen and oxygen atoms in total. The van der Waals surface area contributed by atoms with Crippen LogP contribution in [0.4, 0.5) is 0 Å². The van der Waals surface area contributed by atoms with Gasteiger partial charge in [0.15, 0.2) is 6.10 Å². The Morgan fingerprint density at radius 1 is 0.727 bits per heavy atom. The molecule has 2 unspecified atom stereocenters. The third kappa shape index (κ3) is 13.1. The van der Waals surface area contributed by atoms with Crippen LogP contribution < -0.4 is 0 Å². The van der Waals surface area contributed by atoms with Gasteiger partial charge in [-0.15, -0.1) is 0 Å². The SMILES string of the molecule is CCCCCCCCCCCCCCCC(O)C(O)C(=O)O. The first-order valence-corrected chi connectivity index (χ1v) is 9.18. The molecule has 0 amide bonds. The molecule has 4 heteroatoms. The van der Waals surface area contributed by atoms with Crippen molar-refractivity contribution in [1.29, 1.82) is 0 Å². The van der Waals surface area contributed by atoms with Gasteiger partial charge >= 0.3 is 5.97 Å². The summed E-state index contributed by atoms with van der Waals surface area (Å²) in [5.74, 6) is -1.35. The lowest BCUT2D eigenvalue weighted by Crippen LogP contribution is -2.33. The largest absolute Gasteiger partial charge is 0.479 e. The molecule has 22 heavy (non-hydrogen) atoms. The minimum Gasteiger partial charge on any atom is -0.479 e. The second-order valence-corrected chi connectivity index (χ2v) is 6.38. The molecule has 2 atom stereocenters. The molecule has 0 fully saturated rings. The van der Waals surface area contributed by atoms with Gasteiger partial charge < -0.3 is 15.3 Å². The first kappa shape index (κ1) is 21.4. The Hall–Kier alpha value is -0.610. The normalized spacial score (nSPS) is 14.0. The molecule has 0 radical (unpaired) electrons. The molecule has 0 aliphatic carbocycles. The van der Waals surface area contributed by atoms with Crippen molar-refractivity contribution in [2.45, 2.75) is 109 Å². The van der Waals surface area contributed by atoms with Gasteiger partial charge in [0.05, 0.1) is 6.10 Å². The molecule has 0 saturated carbocycles. The minimum atomic E-state index is -1.64. The van der Waals surface area contributed by atoms with Gasteiger partial charge in [0.25, 0.3) is 0 Å². The molecule has 0 heterocycles. The lowest BCUT2D eigenvalue weighted by Gasteiger charge is -2.13. The maximum absolute atomic E-state index is 10.5. The lowest BCUT2D eigenvalue weighted by atomic mass is 10.0. The molecule has 0 bridgehead atoms. The molecule has 0 aliphatic heterocycles. The smallest absolute Gasteiger partial charge is 0.335 e. The first-order valence-electron chi connectivity index (χ1n) is 9.18. The fourth-order valence-electron chi connectivity index (χ4n) is 2.69. The van der Waals surface area contributed by atoms with Crippen LogP contribution in [-0.2, 0) is 4.79 Å². The lowest BCUT2D eigenvalue weighted by molar-refractivity contribution is -0.153. The van der Waals surface area contributed by atoms with E-state index in [0.717, 1.165) is 19.3 Å². The summed E-state index contributed by atoms with van der Waals surface area (Å²) in [4.78, 5) is 10.5. The van der Waals surface area contributed by atoms with E-state index in [2.05, 4.69) is 6.92 Å². The number of aliphatic hydroxyl groups is 2. The van der Waals surface area contributed by atoms with Crippen LogP contribution in [0.2, 0.25) is 0 Å². The number of aliphatic hydroxyl groups excluding tert-OH is 2. The van der Waals surface area contributed by atoms with Crippen molar-refractivity contribution in [2.24, 2.45) is 0 Å². The Labute approximate surface area is 135 Å². The predicted octanol–water partition coefficient (Wildman–Crippen LogP) is 4.27. The summed E-state index contributed by atoms with van der Waals surface area (Å²) in [5, 5.41) is 27.1. The summed E-state index contributed by atoms with van der Waals surface area (Å²) >= 11 is 0. The molecule has 132 valence electrons. The van der Waals surface area contributed by atoms with E-state index in [1.165, 1.54) is 64.2 Å². The standard InChI is InChI=1S/C18H36O4/c1-2-3-4-5-6-7-8-9-10-11-12-13-14-15-16(19)17(20)18(21)22/h16-17,19-20H,2-15H2,1H3,(H,21,22). The molecule has 0 aliphatic rings. The fourth-order valence-corrected chi connectivity index (χ4v) is 2.69. The first-order chi connectivity index (χ1) is 10.6. The second kappa shape index (κ2) is 15.3. The highest BCUT2D eigenvalue weighted by Gasteiger charge is 2.22. The number of carboxylic acid groups (broad SMARTS) is 1. The van der Waals surface area contributed by atoms with Gasteiger partial charge in [0, 0.05) is 0 Å². The van der Waals surface area contributed by atoms with Crippen molar-refractivity contribution < 1.29 is 20.1 Å². The summed E-state index contributed by atoms with van der Waals surface area (Å²) in [6.45, 7) is 2.25. The van der Waals surface area contributed by atoms with Crippen LogP contribution in [0.1, 0.15) is 96.8 Å². The second-order valence-electron chi connectivity index (χ2n) is 6.38. The minimum absolute atomic E-state index is 0.366. The number of hydrogen-bond acceptors (Lipinski definition) is 3. The van der Waals surface area contributed by atoms with Crippen LogP contribution in [0.15, 0.2) is 0 Å². The summed E-state index contributed by atoms with van der Waals surface area (Å²) in [6.07, 6.45) is 13.9. The maximum atomic E-state index is 10.5. The van der Waals surface area contributed by atoms with Crippen LogP contribution in [0.25, 0.3) is 0 Å². The summed E-state index contributed by atoms with van der Waals surface area (Å²) < 4.78 is 0. The van der Waals surface area contributed by atoms with Crippen molar-refractivity contribution in [3.05, 3.63) is 0 Å². The molecule has 0 rings (SSSR count). The number of carboxylic acids is 1. The van der Waals surface area contributed by atoms with E-state index in [9.17, 15) is 9.90 Å². The van der Waals surface area contributed by atoms with E-state index < -0.39 is 18.2 Å². The third-order valence-electron chi connectivity index (χ3n) is 4.22. The summed E-state index contributed by atoms with van der Waals surface area (Å²) in [6, 6.07) is 0. The number of unbranched alkanes of at least 4 members (excludes halogenated alkanes) is 12. The third-order valence-corrected chi connectivity index (χ3v) is 4.22. The Kier molecular flexibility index (Phi) is 14.9. The average Bonchev–Trinajstić information content (AvgIpc) is 2.50. The molecule has 0 aromatic carbocycles. The Morgan fingerprint density at radius 3 is 1.45 bits per heavy atom. The molecule has 0 spiro atoms. The Bertz CT molecular complexity index is 255. The highest BCUT2D eigenvalue weighted by molar-refractivity contribution is 5.72. The quantitative estimate of drug-likeness (QED) is 0.371. The van der Waals surface area contributed by atoms with Gasteiger partial charge in [-0.2, -0.15) is 0 Å². The van der Waals surface area contributed by atoms with Crippen LogP contribution >= 0.6 is 0 Å². The number of rotatable bonds is 16. The van der Waals surface area contributed by atoms with E-state index in [0.29, 0.717) is 6.42 Å². The molecule has 0 aromatic rings. The van der Waals surface area contributed by atoms with Crippen molar-refractivity contribution in [3.63, 3.8) is 0 Å². The van der Waals surface area contributed by atoms with Gasteiger partial charge in [0.2, 0.25) is 0 Å². The van der Waals surface area contributed by atoms with Crippen LogP contribution in [0.3, 0.4) is 0 Å². The molecular weight excluding hydrogens is 280 g/mol. The summed E-state index contributed by atoms with van der Waals surface area (Å²) in [7, 11) is 0. The Balaban J connectivity index is 3.19. The van der Waals surface area contributed by atoms with Crippen molar-refractivity contribution in [1.82, 2.24) is 0 Å². The maximum Gasteiger partial charge on any atom is 0.335 e. The van der Waals surface area contributed by atoms with Crippen LogP contribution in [0.5, 0.6) is 0 Å². The van der Waals surface area contributed by atoms with E-state index in [4.69, 9.17) is 10.2 Å². The van der Waals surface area contributed by atoms with Crippen molar-refractivity contribution in [2.75, 3.05) is 0 Å². The van der Waals surface area contributed by atoms with Crippen LogP contribution in [0, 0.1) is 0 Å². The highest BCUT2D eigenvalue weighted by atomic mass is 16.4.